The molecule has 0 radical (unpaired) electrons. The molecule has 1 aliphatic carbocycles. The van der Waals surface area contributed by atoms with Crippen LogP contribution in [0.25, 0.3) is 0 Å². The van der Waals surface area contributed by atoms with E-state index in [1.807, 2.05) is 6.92 Å². The minimum atomic E-state index is 0.252. The van der Waals surface area contributed by atoms with Crippen molar-refractivity contribution in [1.29, 1.82) is 0 Å². The summed E-state index contributed by atoms with van der Waals surface area (Å²) >= 11 is 0. The molecule has 0 heterocycles. The predicted molar refractivity (Wildman–Crippen MR) is 32.5 cm³/mol. The van der Waals surface area contributed by atoms with Crippen molar-refractivity contribution < 1.29 is 4.79 Å². The molecule has 0 aromatic heterocycles. The zero-order chi connectivity index (χ0) is 6.15. The summed E-state index contributed by atoms with van der Waals surface area (Å²) in [6.07, 6.45) is 1.54. The van der Waals surface area contributed by atoms with Crippen LogP contribution in [-0.2, 0) is 4.79 Å². The van der Waals surface area contributed by atoms with E-state index < -0.39 is 0 Å². The van der Waals surface area contributed by atoms with E-state index in [1.54, 1.807) is 0 Å². The maximum absolute atomic E-state index is 10.7. The first-order chi connectivity index (χ1) is 3.70. The molecule has 1 rings (SSSR count). The van der Waals surface area contributed by atoms with Gasteiger partial charge in [-0.25, -0.2) is 0 Å². The number of hydrogen-bond acceptors (Lipinski definition) is 1. The third kappa shape index (κ3) is 0.808. The van der Waals surface area contributed by atoms with E-state index in [1.165, 1.54) is 0 Å². The van der Waals surface area contributed by atoms with Gasteiger partial charge in [0.25, 0.3) is 0 Å². The van der Waals surface area contributed by atoms with Crippen LogP contribution in [0.3, 0.4) is 0 Å². The highest BCUT2D eigenvalue weighted by molar-refractivity contribution is 5.86. The molecule has 0 spiro atoms. The smallest absolute Gasteiger partial charge is 0.140 e. The van der Waals surface area contributed by atoms with Crippen LogP contribution in [0, 0.1) is 5.92 Å². The first-order valence-electron chi connectivity index (χ1n) is 2.89. The van der Waals surface area contributed by atoms with Crippen LogP contribution in [0.4, 0.5) is 0 Å². The number of Topliss-reactive ketones (excluding diaryl/α,β-unsaturated/α-hetero) is 1. The first-order valence-corrected chi connectivity index (χ1v) is 2.89. The SMILES string of the molecule is C=C1CC(=O)C(C)C1. The van der Waals surface area contributed by atoms with Gasteiger partial charge in [0, 0.05) is 12.3 Å². The van der Waals surface area contributed by atoms with E-state index in [4.69, 9.17) is 0 Å². The predicted octanol–water partition coefficient (Wildman–Crippen LogP) is 1.54. The summed E-state index contributed by atoms with van der Waals surface area (Å²) in [5.74, 6) is 0.609. The third-order valence-electron chi connectivity index (χ3n) is 1.57. The van der Waals surface area contributed by atoms with Crippen molar-refractivity contribution >= 4 is 5.78 Å². The molecule has 1 heteroatoms. The molecule has 0 bridgehead atoms. The fraction of sp³-hybridized carbons (Fsp3) is 0.571. The maximum Gasteiger partial charge on any atom is 0.140 e. The fourth-order valence-electron chi connectivity index (χ4n) is 1.04. The lowest BCUT2D eigenvalue weighted by atomic mass is 10.1. The van der Waals surface area contributed by atoms with Gasteiger partial charge < -0.3 is 0 Å². The van der Waals surface area contributed by atoms with Gasteiger partial charge in [0.2, 0.25) is 0 Å². The van der Waals surface area contributed by atoms with Crippen molar-refractivity contribution in [3.8, 4) is 0 Å². The molecule has 1 nitrogen and oxygen atoms in total. The Labute approximate surface area is 49.4 Å². The highest BCUT2D eigenvalue weighted by Crippen LogP contribution is 2.24. The number of rotatable bonds is 0. The second-order valence-electron chi connectivity index (χ2n) is 2.50. The zero-order valence-electron chi connectivity index (χ0n) is 5.11. The monoisotopic (exact) mass is 110 g/mol. The average Bonchev–Trinajstić information content (AvgIpc) is 1.85. The zero-order valence-corrected chi connectivity index (χ0v) is 5.11. The lowest BCUT2D eigenvalue weighted by molar-refractivity contribution is -0.120. The van der Waals surface area contributed by atoms with Gasteiger partial charge in [-0.3, -0.25) is 4.79 Å². The van der Waals surface area contributed by atoms with Gasteiger partial charge >= 0.3 is 0 Å². The molecule has 0 N–H and O–H groups in total. The van der Waals surface area contributed by atoms with Gasteiger partial charge in [0.05, 0.1) is 0 Å². The summed E-state index contributed by atoms with van der Waals surface area (Å²) in [6, 6.07) is 0. The average molecular weight is 110 g/mol. The Bertz CT molecular complexity index is 135. The Morgan fingerprint density at radius 2 is 2.38 bits per heavy atom. The summed E-state index contributed by atoms with van der Waals surface area (Å²) in [4.78, 5) is 10.7. The van der Waals surface area contributed by atoms with Crippen LogP contribution in [0.15, 0.2) is 12.2 Å². The van der Waals surface area contributed by atoms with Crippen LogP contribution >= 0.6 is 0 Å². The summed E-state index contributed by atoms with van der Waals surface area (Å²) in [7, 11) is 0. The molecule has 1 saturated carbocycles. The van der Waals surface area contributed by atoms with Gasteiger partial charge in [-0.05, 0) is 6.42 Å². The summed E-state index contributed by atoms with van der Waals surface area (Å²) in [5.41, 5.74) is 1.10. The van der Waals surface area contributed by atoms with Crippen LogP contribution in [-0.4, -0.2) is 5.78 Å². The minimum absolute atomic E-state index is 0.252. The molecular formula is C7H10O. The molecule has 1 atom stereocenters. The van der Waals surface area contributed by atoms with Crippen molar-refractivity contribution in [2.75, 3.05) is 0 Å². The van der Waals surface area contributed by atoms with Gasteiger partial charge in [-0.2, -0.15) is 0 Å². The minimum Gasteiger partial charge on any atom is -0.299 e. The van der Waals surface area contributed by atoms with E-state index in [-0.39, 0.29) is 5.92 Å². The van der Waals surface area contributed by atoms with Gasteiger partial charge in [0.1, 0.15) is 5.78 Å². The van der Waals surface area contributed by atoms with Crippen molar-refractivity contribution in [1.82, 2.24) is 0 Å². The number of hydrogen-bond donors (Lipinski definition) is 0. The molecule has 1 aliphatic rings. The Balaban J connectivity index is 2.64. The first kappa shape index (κ1) is 5.54. The molecule has 1 fully saturated rings. The molecule has 0 aromatic rings. The maximum atomic E-state index is 10.7. The van der Waals surface area contributed by atoms with E-state index in [0.717, 1.165) is 12.0 Å². The highest BCUT2D eigenvalue weighted by Gasteiger charge is 2.21. The van der Waals surface area contributed by atoms with Crippen molar-refractivity contribution in [2.24, 2.45) is 5.92 Å². The quantitative estimate of drug-likeness (QED) is 0.432. The standard InChI is InChI=1S/C7H10O/c1-5-3-6(2)7(8)4-5/h6H,1,3-4H2,2H3. The molecule has 8 heavy (non-hydrogen) atoms. The molecule has 0 aromatic carbocycles. The van der Waals surface area contributed by atoms with Crippen LogP contribution < -0.4 is 0 Å². The Morgan fingerprint density at radius 1 is 1.75 bits per heavy atom. The highest BCUT2D eigenvalue weighted by atomic mass is 16.1. The lowest BCUT2D eigenvalue weighted by Crippen LogP contribution is -1.98. The number of carbonyl (C=O) groups is 1. The largest absolute Gasteiger partial charge is 0.299 e. The lowest BCUT2D eigenvalue weighted by Gasteiger charge is -1.91. The number of ketones is 1. The van der Waals surface area contributed by atoms with Gasteiger partial charge in [-0.15, -0.1) is 0 Å². The molecule has 0 saturated heterocycles. The fourth-order valence-corrected chi connectivity index (χ4v) is 1.04. The van der Waals surface area contributed by atoms with E-state index in [2.05, 4.69) is 6.58 Å². The van der Waals surface area contributed by atoms with Gasteiger partial charge in [0.15, 0.2) is 0 Å². The second kappa shape index (κ2) is 1.73. The molecule has 44 valence electrons. The Kier molecular flexibility index (Phi) is 1.20. The van der Waals surface area contributed by atoms with E-state index in [0.29, 0.717) is 12.2 Å². The summed E-state index contributed by atoms with van der Waals surface area (Å²) < 4.78 is 0. The molecule has 0 amide bonds. The second-order valence-corrected chi connectivity index (χ2v) is 2.50. The summed E-state index contributed by atoms with van der Waals surface area (Å²) in [5, 5.41) is 0. The molecular weight excluding hydrogens is 100 g/mol. The number of allylic oxidation sites excluding steroid dienone is 1. The van der Waals surface area contributed by atoms with Crippen LogP contribution in [0.1, 0.15) is 19.8 Å². The van der Waals surface area contributed by atoms with Crippen LogP contribution in [0.2, 0.25) is 0 Å². The topological polar surface area (TPSA) is 17.1 Å². The molecule has 0 aliphatic heterocycles. The van der Waals surface area contributed by atoms with Crippen molar-refractivity contribution in [3.63, 3.8) is 0 Å². The van der Waals surface area contributed by atoms with Crippen molar-refractivity contribution in [2.45, 2.75) is 19.8 Å². The number of carbonyl (C=O) groups excluding carboxylic acids is 1. The van der Waals surface area contributed by atoms with E-state index >= 15 is 0 Å². The normalized spacial score (nSPS) is 29.4. The van der Waals surface area contributed by atoms with Crippen molar-refractivity contribution in [3.05, 3.63) is 12.2 Å². The Morgan fingerprint density at radius 3 is 2.50 bits per heavy atom. The van der Waals surface area contributed by atoms with Gasteiger partial charge in [-0.1, -0.05) is 19.1 Å². The third-order valence-corrected chi connectivity index (χ3v) is 1.57. The Hall–Kier alpha value is -0.590. The van der Waals surface area contributed by atoms with E-state index in [9.17, 15) is 4.79 Å². The molecule has 1 unspecified atom stereocenters. The van der Waals surface area contributed by atoms with Crippen LogP contribution in [0.5, 0.6) is 0 Å². The summed E-state index contributed by atoms with van der Waals surface area (Å²) in [6.45, 7) is 5.69.